The molecule has 2 heterocycles. The number of hydrogen-bond acceptors (Lipinski definition) is 2. The van der Waals surface area contributed by atoms with Crippen LogP contribution < -0.4 is 0 Å². The summed E-state index contributed by atoms with van der Waals surface area (Å²) in [7, 11) is 3.49. The van der Waals surface area contributed by atoms with Crippen molar-refractivity contribution in [1.29, 1.82) is 0 Å². The fourth-order valence-electron chi connectivity index (χ4n) is 5.20. The highest BCUT2D eigenvalue weighted by atomic mass is 33.2. The minimum absolute atomic E-state index is 0.887. The molecule has 2 aliphatic heterocycles. The van der Waals surface area contributed by atoms with Gasteiger partial charge < -0.3 is 0 Å². The lowest BCUT2D eigenvalue weighted by atomic mass is 9.42. The van der Waals surface area contributed by atoms with Gasteiger partial charge in [0.15, 0.2) is 0 Å². The normalized spacial score (nSPS) is 27.0. The maximum Gasteiger partial charge on any atom is 0.229 e. The van der Waals surface area contributed by atoms with Gasteiger partial charge in [-0.2, -0.15) is 10.6 Å². The lowest BCUT2D eigenvalue weighted by Crippen LogP contribution is -2.41. The van der Waals surface area contributed by atoms with E-state index < -0.39 is 7.22 Å². The smallest absolute Gasteiger partial charge is 0.151 e. The van der Waals surface area contributed by atoms with Gasteiger partial charge in [-0.25, -0.2) is 0 Å². The van der Waals surface area contributed by atoms with Crippen LogP contribution in [0.15, 0.2) is 0 Å². The molecule has 0 aromatic heterocycles. The molecule has 0 radical (unpaired) electrons. The van der Waals surface area contributed by atoms with Gasteiger partial charge in [-0.15, -0.1) is 10.2 Å². The van der Waals surface area contributed by atoms with Crippen molar-refractivity contribution in [2.24, 2.45) is 0 Å². The van der Waals surface area contributed by atoms with Gasteiger partial charge in [0.1, 0.15) is 7.22 Å². The van der Waals surface area contributed by atoms with Crippen molar-refractivity contribution in [2.75, 3.05) is 0 Å². The highest BCUT2D eigenvalue weighted by Crippen LogP contribution is 2.59. The Morgan fingerprint density at radius 3 is 1.48 bits per heavy atom. The third-order valence-corrected chi connectivity index (χ3v) is 22.6. The van der Waals surface area contributed by atoms with E-state index in [2.05, 4.69) is 62.4 Å². The van der Waals surface area contributed by atoms with Crippen LogP contribution in [0.1, 0.15) is 80.1 Å². The molecule has 2 fully saturated rings. The first-order chi connectivity index (χ1) is 9.89. The van der Waals surface area contributed by atoms with E-state index in [0.717, 1.165) is 34.2 Å². The van der Waals surface area contributed by atoms with Crippen molar-refractivity contribution in [3.8, 4) is 0 Å². The quantitative estimate of drug-likeness (QED) is 0.359. The molecule has 0 atom stereocenters. The second-order valence-electron chi connectivity index (χ2n) is 8.34. The summed E-state index contributed by atoms with van der Waals surface area (Å²) in [6.45, 7) is 15.0. The van der Waals surface area contributed by atoms with Crippen LogP contribution in [0, 0.1) is 0 Å². The van der Waals surface area contributed by atoms with E-state index >= 15 is 0 Å². The maximum atomic E-state index is 2.50. The summed E-state index contributed by atoms with van der Waals surface area (Å²) in [5, 5.41) is 0. The van der Waals surface area contributed by atoms with Crippen molar-refractivity contribution >= 4 is 34.1 Å². The van der Waals surface area contributed by atoms with Gasteiger partial charge in [0.2, 0.25) is 5.99 Å². The van der Waals surface area contributed by atoms with Gasteiger partial charge in [0, 0.05) is 0 Å². The zero-order valence-electron chi connectivity index (χ0n) is 15.0. The van der Waals surface area contributed by atoms with Crippen LogP contribution in [0.5, 0.6) is 0 Å². The molecule has 0 N–H and O–H groups in total. The van der Waals surface area contributed by atoms with Crippen LogP contribution >= 0.6 is 20.9 Å². The van der Waals surface area contributed by atoms with Crippen LogP contribution in [0.3, 0.4) is 0 Å². The van der Waals surface area contributed by atoms with E-state index in [1.54, 1.807) is 0 Å². The summed E-state index contributed by atoms with van der Waals surface area (Å²) >= 11 is 0. The Morgan fingerprint density at radius 1 is 0.762 bits per heavy atom. The summed E-state index contributed by atoms with van der Waals surface area (Å²) in [6, 6.07) is 0. The molecular weight excluding hydrogens is 307 g/mol. The second kappa shape index (κ2) is 7.70. The Hall–Kier alpha value is 0.982. The van der Waals surface area contributed by atoms with E-state index in [0.29, 0.717) is 0 Å². The van der Waals surface area contributed by atoms with Gasteiger partial charge >= 0.3 is 0 Å². The molecule has 0 amide bonds. The molecule has 0 spiro atoms. The number of hydrogen-bond donors (Lipinski definition) is 0. The van der Waals surface area contributed by atoms with Gasteiger partial charge in [-0.1, -0.05) is 91.7 Å². The molecule has 0 aliphatic carbocycles. The number of fused-ring (bicyclic) bond motifs is 2. The average Bonchev–Trinajstić information content (AvgIpc) is 2.37. The summed E-state index contributed by atoms with van der Waals surface area (Å²) in [4.78, 5) is 0. The van der Waals surface area contributed by atoms with Crippen molar-refractivity contribution < 1.29 is 0 Å². The van der Waals surface area contributed by atoms with E-state index in [-0.39, 0.29) is 0 Å². The van der Waals surface area contributed by atoms with Crippen LogP contribution in [0.25, 0.3) is 0 Å². The molecule has 0 unspecified atom stereocenters. The fraction of sp³-hybridized carbons (Fsp3) is 1.00. The standard InChI is InChI=1S/C17H35BS2Si/c1-13(2)21(14(3)4,15(5)6)20-19-18-16-9-7-10-17(18)12-8-11-16/h13-17H,7-12H2,1-6H3. The molecule has 2 aliphatic rings. The highest BCUT2D eigenvalue weighted by Gasteiger charge is 2.47. The van der Waals surface area contributed by atoms with Gasteiger partial charge in [-0.3, -0.25) is 0 Å². The van der Waals surface area contributed by atoms with Crippen LogP contribution in [0.4, 0.5) is 0 Å². The van der Waals surface area contributed by atoms with E-state index in [1.165, 1.54) is 38.5 Å². The third kappa shape index (κ3) is 3.74. The molecule has 0 saturated carbocycles. The molecule has 21 heavy (non-hydrogen) atoms. The summed E-state index contributed by atoms with van der Waals surface area (Å²) in [6.07, 6.45) is 9.11. The second-order valence-corrected chi connectivity index (χ2v) is 19.1. The molecule has 0 nitrogen and oxygen atoms in total. The molecule has 2 bridgehead atoms. The first-order valence-electron chi connectivity index (χ1n) is 9.24. The summed E-state index contributed by atoms with van der Waals surface area (Å²) in [5.41, 5.74) is 2.66. The van der Waals surface area contributed by atoms with Crippen LogP contribution in [-0.2, 0) is 0 Å². The van der Waals surface area contributed by atoms with Crippen LogP contribution in [0.2, 0.25) is 28.3 Å². The summed E-state index contributed by atoms with van der Waals surface area (Å²) < 4.78 is 0. The van der Waals surface area contributed by atoms with Gasteiger partial charge in [-0.05, 0) is 16.6 Å². The molecule has 4 heteroatoms. The Bertz CT molecular complexity index is 289. The van der Waals surface area contributed by atoms with Crippen molar-refractivity contribution in [2.45, 2.75) is 108 Å². The van der Waals surface area contributed by atoms with E-state index in [9.17, 15) is 0 Å². The average molecular weight is 342 g/mol. The largest absolute Gasteiger partial charge is 0.229 e. The van der Waals surface area contributed by atoms with Gasteiger partial charge in [0.25, 0.3) is 0 Å². The van der Waals surface area contributed by atoms with E-state index in [1.807, 2.05) is 0 Å². The zero-order valence-corrected chi connectivity index (χ0v) is 17.7. The lowest BCUT2D eigenvalue weighted by molar-refractivity contribution is 0.452. The fourth-order valence-corrected chi connectivity index (χ4v) is 22.1. The molecule has 0 aromatic carbocycles. The molecule has 122 valence electrons. The topological polar surface area (TPSA) is 0 Å². The predicted molar refractivity (Wildman–Crippen MR) is 107 cm³/mol. The summed E-state index contributed by atoms with van der Waals surface area (Å²) in [5.74, 6) is 3.09. The minimum Gasteiger partial charge on any atom is -0.151 e. The minimum atomic E-state index is -1.28. The highest BCUT2D eigenvalue weighted by molar-refractivity contribution is 8.95. The molecule has 2 rings (SSSR count). The third-order valence-electron chi connectivity index (χ3n) is 6.24. The zero-order chi connectivity index (χ0) is 15.6. The Balaban J connectivity index is 2.07. The molecule has 2 saturated heterocycles. The maximum absolute atomic E-state index is 2.50. The Morgan fingerprint density at radius 2 is 1.14 bits per heavy atom. The monoisotopic (exact) mass is 342 g/mol. The first-order valence-corrected chi connectivity index (χ1v) is 14.4. The number of rotatable bonds is 6. The predicted octanol–water partition coefficient (Wildman–Crippen LogP) is 7.64. The molecular formula is C17H35BS2Si. The van der Waals surface area contributed by atoms with Crippen molar-refractivity contribution in [3.05, 3.63) is 0 Å². The van der Waals surface area contributed by atoms with E-state index in [4.69, 9.17) is 0 Å². The lowest BCUT2D eigenvalue weighted by Gasteiger charge is -2.45. The van der Waals surface area contributed by atoms with Crippen molar-refractivity contribution in [1.82, 2.24) is 0 Å². The van der Waals surface area contributed by atoms with Crippen LogP contribution in [-0.4, -0.2) is 13.2 Å². The molecule has 0 aromatic rings. The first kappa shape index (κ1) is 18.3. The van der Waals surface area contributed by atoms with Gasteiger partial charge in [0.05, 0.1) is 0 Å². The SMILES string of the molecule is CC(C)[Si](SSB1C2CCCC1CCC2)(C(C)C)C(C)C. The van der Waals surface area contributed by atoms with Crippen molar-refractivity contribution in [3.63, 3.8) is 0 Å². The Kier molecular flexibility index (Phi) is 6.72. The Labute approximate surface area is 142 Å².